The number of hydrogen-bond acceptors (Lipinski definition) is 6. The number of benzene rings is 2. The van der Waals surface area contributed by atoms with Gasteiger partial charge in [0.05, 0.1) is 22.9 Å². The molecular formula is C21H19N3O4S2. The lowest BCUT2D eigenvalue weighted by Crippen LogP contribution is -2.26. The first-order valence-corrected chi connectivity index (χ1v) is 11.9. The predicted molar refractivity (Wildman–Crippen MR) is 117 cm³/mol. The molecule has 0 spiro atoms. The number of amides is 1. The molecule has 1 aliphatic rings. The van der Waals surface area contributed by atoms with Crippen LogP contribution in [0.4, 0.5) is 5.69 Å². The van der Waals surface area contributed by atoms with Crippen LogP contribution in [0.5, 0.6) is 5.75 Å². The Morgan fingerprint density at radius 2 is 1.97 bits per heavy atom. The summed E-state index contributed by atoms with van der Waals surface area (Å²) in [7, 11) is -3.42. The van der Waals surface area contributed by atoms with Gasteiger partial charge in [-0.1, -0.05) is 36.4 Å². The minimum absolute atomic E-state index is 0.0930. The number of nitrogens with zero attached hydrogens (tertiary/aromatic N) is 2. The van der Waals surface area contributed by atoms with E-state index in [4.69, 9.17) is 0 Å². The van der Waals surface area contributed by atoms with E-state index in [1.165, 1.54) is 16.3 Å². The highest BCUT2D eigenvalue weighted by atomic mass is 32.2. The standard InChI is InChI=1S/C21H19N3O4S2/c1-30(27,28)23-15-7-4-6-14(12-15)17-13-18(16-8-2-3-9-19(16)25)24(22-17)21(26)20-10-5-11-29-20/h2-12,18,23,25H,13H2,1H3/t18-/m0/s1. The first-order valence-electron chi connectivity index (χ1n) is 9.12. The lowest BCUT2D eigenvalue weighted by Gasteiger charge is -2.22. The van der Waals surface area contributed by atoms with Gasteiger partial charge in [-0.05, 0) is 35.2 Å². The number of hydrazone groups is 1. The third-order valence-corrected chi connectivity index (χ3v) is 6.11. The van der Waals surface area contributed by atoms with Gasteiger partial charge in [0.1, 0.15) is 5.75 Å². The van der Waals surface area contributed by atoms with Gasteiger partial charge >= 0.3 is 0 Å². The van der Waals surface area contributed by atoms with E-state index in [0.717, 1.165) is 6.26 Å². The Labute approximate surface area is 178 Å². The van der Waals surface area contributed by atoms with Crippen LogP contribution in [0.3, 0.4) is 0 Å². The molecule has 0 radical (unpaired) electrons. The third kappa shape index (κ3) is 4.22. The molecule has 0 bridgehead atoms. The fraction of sp³-hybridized carbons (Fsp3) is 0.143. The van der Waals surface area contributed by atoms with Gasteiger partial charge in [-0.2, -0.15) is 5.10 Å². The molecule has 3 aromatic rings. The summed E-state index contributed by atoms with van der Waals surface area (Å²) in [6.07, 6.45) is 1.47. The Morgan fingerprint density at radius 1 is 1.17 bits per heavy atom. The molecule has 2 aromatic carbocycles. The minimum atomic E-state index is -3.42. The van der Waals surface area contributed by atoms with Gasteiger partial charge < -0.3 is 5.11 Å². The predicted octanol–water partition coefficient (Wildman–Crippen LogP) is 3.82. The zero-order valence-electron chi connectivity index (χ0n) is 16.0. The van der Waals surface area contributed by atoms with Crippen LogP contribution in [0.25, 0.3) is 0 Å². The van der Waals surface area contributed by atoms with E-state index in [2.05, 4.69) is 9.82 Å². The number of nitrogens with one attached hydrogen (secondary N) is 1. The highest BCUT2D eigenvalue weighted by Gasteiger charge is 2.35. The summed E-state index contributed by atoms with van der Waals surface area (Å²) in [5.74, 6) is -0.158. The lowest BCUT2D eigenvalue weighted by molar-refractivity contribution is 0.0714. The molecule has 2 N–H and O–H groups in total. The second-order valence-electron chi connectivity index (χ2n) is 6.91. The van der Waals surface area contributed by atoms with Crippen LogP contribution in [0.15, 0.2) is 71.1 Å². The SMILES string of the molecule is CS(=O)(=O)Nc1cccc(C2=NN(C(=O)c3cccs3)[C@H](c3ccccc3O)C2)c1. The fourth-order valence-electron chi connectivity index (χ4n) is 3.37. The molecule has 4 rings (SSSR count). The van der Waals surface area contributed by atoms with Crippen LogP contribution >= 0.6 is 11.3 Å². The monoisotopic (exact) mass is 441 g/mol. The number of hydrogen-bond donors (Lipinski definition) is 2. The van der Waals surface area contributed by atoms with Crippen molar-refractivity contribution in [3.63, 3.8) is 0 Å². The van der Waals surface area contributed by atoms with E-state index >= 15 is 0 Å². The second-order valence-corrected chi connectivity index (χ2v) is 9.60. The maximum Gasteiger partial charge on any atom is 0.284 e. The van der Waals surface area contributed by atoms with E-state index < -0.39 is 16.1 Å². The van der Waals surface area contributed by atoms with Crippen LogP contribution in [0, 0.1) is 0 Å². The number of aromatic hydroxyl groups is 1. The van der Waals surface area contributed by atoms with Crippen LogP contribution < -0.4 is 4.72 Å². The lowest BCUT2D eigenvalue weighted by atomic mass is 9.97. The molecular weight excluding hydrogens is 422 g/mol. The normalized spacial score (nSPS) is 16.4. The molecule has 30 heavy (non-hydrogen) atoms. The van der Waals surface area contributed by atoms with Crippen molar-refractivity contribution in [2.45, 2.75) is 12.5 Å². The van der Waals surface area contributed by atoms with Gasteiger partial charge in [0.25, 0.3) is 5.91 Å². The van der Waals surface area contributed by atoms with Crippen molar-refractivity contribution in [1.29, 1.82) is 0 Å². The summed E-state index contributed by atoms with van der Waals surface area (Å²) < 4.78 is 25.6. The molecule has 1 aliphatic heterocycles. The molecule has 1 atom stereocenters. The average molecular weight is 442 g/mol. The van der Waals surface area contributed by atoms with Gasteiger partial charge in [0.2, 0.25) is 10.0 Å². The molecule has 9 heteroatoms. The molecule has 0 fully saturated rings. The molecule has 0 aliphatic carbocycles. The zero-order chi connectivity index (χ0) is 21.3. The van der Waals surface area contributed by atoms with Crippen molar-refractivity contribution in [2.24, 2.45) is 5.10 Å². The number of thiophene rings is 1. The zero-order valence-corrected chi connectivity index (χ0v) is 17.7. The fourth-order valence-corrected chi connectivity index (χ4v) is 4.58. The van der Waals surface area contributed by atoms with Crippen molar-refractivity contribution in [3.05, 3.63) is 82.0 Å². The van der Waals surface area contributed by atoms with Gasteiger partial charge in [-0.15, -0.1) is 11.3 Å². The first kappa shape index (κ1) is 20.1. The number of rotatable bonds is 5. The highest BCUT2D eigenvalue weighted by Crippen LogP contribution is 2.38. The molecule has 1 amide bonds. The smallest absolute Gasteiger partial charge is 0.284 e. The van der Waals surface area contributed by atoms with Crippen LogP contribution in [-0.4, -0.2) is 36.4 Å². The Bertz CT molecular complexity index is 1220. The molecule has 7 nitrogen and oxygen atoms in total. The molecule has 1 aromatic heterocycles. The van der Waals surface area contributed by atoms with Crippen LogP contribution in [0.1, 0.15) is 33.3 Å². The van der Waals surface area contributed by atoms with Crippen LogP contribution in [-0.2, 0) is 10.0 Å². The van der Waals surface area contributed by atoms with E-state index in [-0.39, 0.29) is 11.7 Å². The van der Waals surface area contributed by atoms with E-state index in [9.17, 15) is 18.3 Å². The Morgan fingerprint density at radius 3 is 2.67 bits per heavy atom. The van der Waals surface area contributed by atoms with Gasteiger partial charge in [0.15, 0.2) is 0 Å². The van der Waals surface area contributed by atoms with Gasteiger partial charge in [-0.3, -0.25) is 9.52 Å². The molecule has 0 unspecified atom stereocenters. The largest absolute Gasteiger partial charge is 0.508 e. The van der Waals surface area contributed by atoms with E-state index in [1.807, 2.05) is 11.4 Å². The Balaban J connectivity index is 1.73. The average Bonchev–Trinajstić information content (AvgIpc) is 3.37. The number of sulfonamides is 1. The number of para-hydroxylation sites is 1. The Hall–Kier alpha value is -3.17. The van der Waals surface area contributed by atoms with Gasteiger partial charge in [0, 0.05) is 17.7 Å². The summed E-state index contributed by atoms with van der Waals surface area (Å²) in [5.41, 5.74) is 2.35. The maximum absolute atomic E-state index is 13.1. The van der Waals surface area contributed by atoms with Gasteiger partial charge in [-0.25, -0.2) is 13.4 Å². The second kappa shape index (κ2) is 7.92. The maximum atomic E-state index is 13.1. The molecule has 0 saturated carbocycles. The quantitative estimate of drug-likeness (QED) is 0.629. The molecule has 0 saturated heterocycles. The summed E-state index contributed by atoms with van der Waals surface area (Å²) >= 11 is 1.33. The first-order chi connectivity index (χ1) is 14.3. The summed E-state index contributed by atoms with van der Waals surface area (Å²) in [5, 5.41) is 18.2. The summed E-state index contributed by atoms with van der Waals surface area (Å²) in [6.45, 7) is 0. The van der Waals surface area contributed by atoms with Crippen molar-refractivity contribution in [3.8, 4) is 5.75 Å². The molecule has 2 heterocycles. The summed E-state index contributed by atoms with van der Waals surface area (Å²) in [4.78, 5) is 13.6. The van der Waals surface area contributed by atoms with E-state index in [0.29, 0.717) is 33.8 Å². The third-order valence-electron chi connectivity index (χ3n) is 4.65. The van der Waals surface area contributed by atoms with Crippen molar-refractivity contribution in [2.75, 3.05) is 11.0 Å². The highest BCUT2D eigenvalue weighted by molar-refractivity contribution is 7.92. The van der Waals surface area contributed by atoms with Crippen molar-refractivity contribution < 1.29 is 18.3 Å². The number of phenolic OH excluding ortho intramolecular Hbond substituents is 1. The molecule has 154 valence electrons. The van der Waals surface area contributed by atoms with Crippen molar-refractivity contribution >= 4 is 38.7 Å². The van der Waals surface area contributed by atoms with E-state index in [1.54, 1.807) is 54.6 Å². The number of carbonyl (C=O) groups is 1. The Kier molecular flexibility index (Phi) is 5.31. The summed E-state index contributed by atoms with van der Waals surface area (Å²) in [6, 6.07) is 16.8. The van der Waals surface area contributed by atoms with Crippen LogP contribution in [0.2, 0.25) is 0 Å². The van der Waals surface area contributed by atoms with Crippen molar-refractivity contribution in [1.82, 2.24) is 5.01 Å². The minimum Gasteiger partial charge on any atom is -0.508 e. The number of anilines is 1. The number of phenols is 1. The topological polar surface area (TPSA) is 99.1 Å². The number of carbonyl (C=O) groups excluding carboxylic acids is 1.